The number of benzene rings is 1. The molecular formula is C27H25N5O4S2. The quantitative estimate of drug-likeness (QED) is 0.256. The number of thiazole rings is 1. The van der Waals surface area contributed by atoms with Crippen LogP contribution in [0.1, 0.15) is 31.2 Å². The molecule has 4 heterocycles. The number of fused-ring (bicyclic) bond motifs is 1. The molecule has 1 atom stereocenters. The van der Waals surface area contributed by atoms with Crippen molar-refractivity contribution in [1.29, 1.82) is 0 Å². The second-order valence-electron chi connectivity index (χ2n) is 8.58. The number of carbonyl (C=O) groups is 1. The minimum Gasteiger partial charge on any atom is -0.463 e. The van der Waals surface area contributed by atoms with Crippen molar-refractivity contribution in [3.8, 4) is 0 Å². The van der Waals surface area contributed by atoms with Gasteiger partial charge in [0.15, 0.2) is 15.1 Å². The highest BCUT2D eigenvalue weighted by Crippen LogP contribution is 2.32. The normalized spacial score (nSPS) is 15.3. The molecule has 11 heteroatoms. The Bertz CT molecular complexity index is 1690. The van der Waals surface area contributed by atoms with Gasteiger partial charge in [0, 0.05) is 38.3 Å². The van der Waals surface area contributed by atoms with Crippen molar-refractivity contribution >= 4 is 40.8 Å². The Hall–Kier alpha value is -3.96. The summed E-state index contributed by atoms with van der Waals surface area (Å²) in [4.78, 5) is 42.3. The van der Waals surface area contributed by atoms with Crippen LogP contribution in [0.3, 0.4) is 0 Å². The number of ether oxygens (including phenoxy) is 1. The fraction of sp³-hybridized carbons (Fsp3) is 0.222. The third-order valence-corrected chi connectivity index (χ3v) is 7.65. The Morgan fingerprint density at radius 2 is 1.92 bits per heavy atom. The average Bonchev–Trinajstić information content (AvgIpc) is 3.47. The van der Waals surface area contributed by atoms with Gasteiger partial charge in [0.2, 0.25) is 0 Å². The van der Waals surface area contributed by atoms with Gasteiger partial charge < -0.3 is 14.1 Å². The van der Waals surface area contributed by atoms with Crippen LogP contribution in [0.25, 0.3) is 6.08 Å². The molecule has 1 aliphatic heterocycles. The van der Waals surface area contributed by atoms with Crippen LogP contribution in [-0.4, -0.2) is 41.2 Å². The van der Waals surface area contributed by atoms with Gasteiger partial charge in [0.05, 0.1) is 28.5 Å². The zero-order valence-electron chi connectivity index (χ0n) is 21.2. The average molecular weight is 548 g/mol. The summed E-state index contributed by atoms with van der Waals surface area (Å²) in [5.41, 5.74) is 2.41. The minimum absolute atomic E-state index is 0.221. The zero-order chi connectivity index (χ0) is 26.8. The molecule has 194 valence electrons. The first-order valence-corrected chi connectivity index (χ1v) is 13.5. The standard InChI is InChI=1S/C27H25N5O4S2/c1-5-35-25(34)22-16(2)30-27-32(23(22)17-7-9-18(10-8-17)31(3)4)24(33)20(37-27)15-19-11-12-21(36-19)38-26-28-13-6-14-29-26/h6-15,23H,5H2,1-4H3/b20-15+/t23-/m0/s1. The fourth-order valence-corrected chi connectivity index (χ4v) is 5.79. The molecule has 0 aliphatic carbocycles. The summed E-state index contributed by atoms with van der Waals surface area (Å²) in [5, 5.41) is 1.17. The number of hydrogen-bond acceptors (Lipinski definition) is 10. The lowest BCUT2D eigenvalue weighted by Crippen LogP contribution is -2.39. The lowest BCUT2D eigenvalue weighted by molar-refractivity contribution is -0.139. The first-order chi connectivity index (χ1) is 18.4. The molecule has 1 aliphatic rings. The predicted molar refractivity (Wildman–Crippen MR) is 146 cm³/mol. The molecule has 0 radical (unpaired) electrons. The van der Waals surface area contributed by atoms with E-state index in [1.807, 2.05) is 49.3 Å². The summed E-state index contributed by atoms with van der Waals surface area (Å²) in [7, 11) is 3.91. The van der Waals surface area contributed by atoms with E-state index < -0.39 is 12.0 Å². The van der Waals surface area contributed by atoms with Gasteiger partial charge in [-0.2, -0.15) is 0 Å². The van der Waals surface area contributed by atoms with Crippen molar-refractivity contribution in [3.63, 3.8) is 0 Å². The molecular weight excluding hydrogens is 522 g/mol. The Labute approximate surface area is 226 Å². The predicted octanol–water partition coefficient (Wildman–Crippen LogP) is 3.40. The molecule has 9 nitrogen and oxygen atoms in total. The Morgan fingerprint density at radius 3 is 2.61 bits per heavy atom. The maximum Gasteiger partial charge on any atom is 0.338 e. The van der Waals surface area contributed by atoms with Gasteiger partial charge in [-0.1, -0.05) is 23.5 Å². The van der Waals surface area contributed by atoms with Crippen molar-refractivity contribution in [1.82, 2.24) is 14.5 Å². The third kappa shape index (κ3) is 5.07. The van der Waals surface area contributed by atoms with Crippen molar-refractivity contribution in [3.05, 3.63) is 97.1 Å². The third-order valence-electron chi connectivity index (χ3n) is 5.85. The topological polar surface area (TPSA) is 103 Å². The van der Waals surface area contributed by atoms with E-state index in [2.05, 4.69) is 15.0 Å². The molecule has 0 amide bonds. The van der Waals surface area contributed by atoms with E-state index >= 15 is 0 Å². The van der Waals surface area contributed by atoms with Crippen LogP contribution in [0.4, 0.5) is 5.69 Å². The molecule has 4 aromatic rings. The molecule has 1 aromatic carbocycles. The summed E-state index contributed by atoms with van der Waals surface area (Å²) in [6.07, 6.45) is 5.02. The summed E-state index contributed by atoms with van der Waals surface area (Å²) in [6, 6.07) is 12.5. The van der Waals surface area contributed by atoms with Crippen molar-refractivity contribution in [2.75, 3.05) is 25.6 Å². The van der Waals surface area contributed by atoms with Crippen molar-refractivity contribution in [2.45, 2.75) is 30.1 Å². The molecule has 0 fully saturated rings. The fourth-order valence-electron chi connectivity index (χ4n) is 4.09. The van der Waals surface area contributed by atoms with Gasteiger partial charge in [-0.05, 0) is 61.5 Å². The van der Waals surface area contributed by atoms with E-state index in [0.29, 0.717) is 36.6 Å². The lowest BCUT2D eigenvalue weighted by Gasteiger charge is -2.25. The summed E-state index contributed by atoms with van der Waals surface area (Å²) >= 11 is 2.54. The molecule has 0 saturated carbocycles. The molecule has 0 bridgehead atoms. The van der Waals surface area contributed by atoms with Gasteiger partial charge in [0.1, 0.15) is 5.76 Å². The number of rotatable bonds is 7. The molecule has 3 aromatic heterocycles. The van der Waals surface area contributed by atoms with Crippen molar-refractivity contribution < 1.29 is 13.9 Å². The van der Waals surface area contributed by atoms with Gasteiger partial charge >= 0.3 is 5.97 Å². The van der Waals surface area contributed by atoms with E-state index in [9.17, 15) is 9.59 Å². The Morgan fingerprint density at radius 1 is 1.18 bits per heavy atom. The molecule has 0 N–H and O–H groups in total. The number of esters is 1. The summed E-state index contributed by atoms with van der Waals surface area (Å²) in [6.45, 7) is 3.75. The highest BCUT2D eigenvalue weighted by Gasteiger charge is 2.33. The van der Waals surface area contributed by atoms with Crippen molar-refractivity contribution in [2.24, 2.45) is 4.99 Å². The molecule has 38 heavy (non-hydrogen) atoms. The van der Waals surface area contributed by atoms with Gasteiger partial charge in [-0.15, -0.1) is 0 Å². The van der Waals surface area contributed by atoms with E-state index in [1.54, 1.807) is 49.0 Å². The number of allylic oxidation sites excluding steroid dienone is 1. The monoisotopic (exact) mass is 547 g/mol. The minimum atomic E-state index is -0.665. The number of anilines is 1. The SMILES string of the molecule is CCOC(=O)C1=C(C)N=c2s/c(=C/c3ccc(Sc4ncccn4)o3)c(=O)n2[C@H]1c1ccc(N(C)C)cc1. The molecule has 0 saturated heterocycles. The van der Waals surface area contributed by atoms with Crippen LogP contribution < -0.4 is 19.8 Å². The Kier molecular flexibility index (Phi) is 7.30. The smallest absolute Gasteiger partial charge is 0.338 e. The van der Waals surface area contributed by atoms with E-state index in [1.165, 1.54) is 23.1 Å². The maximum atomic E-state index is 13.7. The van der Waals surface area contributed by atoms with Crippen LogP contribution in [0.2, 0.25) is 0 Å². The first-order valence-electron chi connectivity index (χ1n) is 11.9. The van der Waals surface area contributed by atoms with E-state index in [0.717, 1.165) is 11.3 Å². The van der Waals surface area contributed by atoms with Gasteiger partial charge in [0.25, 0.3) is 5.56 Å². The highest BCUT2D eigenvalue weighted by atomic mass is 32.2. The lowest BCUT2D eigenvalue weighted by atomic mass is 9.95. The van der Waals surface area contributed by atoms with Crippen LogP contribution in [0.5, 0.6) is 0 Å². The second-order valence-corrected chi connectivity index (χ2v) is 10.6. The highest BCUT2D eigenvalue weighted by molar-refractivity contribution is 7.99. The molecule has 0 spiro atoms. The number of aromatic nitrogens is 3. The van der Waals surface area contributed by atoms with E-state index in [-0.39, 0.29) is 12.2 Å². The first kappa shape index (κ1) is 25.7. The number of nitrogens with zero attached hydrogens (tertiary/aromatic N) is 5. The van der Waals surface area contributed by atoms with Crippen LogP contribution in [-0.2, 0) is 9.53 Å². The van der Waals surface area contributed by atoms with Gasteiger partial charge in [-0.3, -0.25) is 9.36 Å². The summed E-state index contributed by atoms with van der Waals surface area (Å²) < 4.78 is 13.3. The number of hydrogen-bond donors (Lipinski definition) is 0. The Balaban J connectivity index is 1.58. The second kappa shape index (κ2) is 10.8. The zero-order valence-corrected chi connectivity index (χ0v) is 22.9. The molecule has 0 unspecified atom stereocenters. The number of furan rings is 1. The van der Waals surface area contributed by atoms with Crippen LogP contribution in [0, 0.1) is 0 Å². The van der Waals surface area contributed by atoms with Crippen LogP contribution in [0.15, 0.2) is 90.6 Å². The maximum absolute atomic E-state index is 13.7. The van der Waals surface area contributed by atoms with Crippen LogP contribution >= 0.6 is 23.1 Å². The largest absolute Gasteiger partial charge is 0.463 e. The summed E-state index contributed by atoms with van der Waals surface area (Å²) in [5.74, 6) is 0.0301. The number of carbonyl (C=O) groups excluding carboxylic acids is 1. The van der Waals surface area contributed by atoms with E-state index in [4.69, 9.17) is 9.15 Å². The molecule has 5 rings (SSSR count). The van der Waals surface area contributed by atoms with Gasteiger partial charge in [-0.25, -0.2) is 19.8 Å².